The maximum absolute atomic E-state index is 15.2. The second-order valence-corrected chi connectivity index (χ2v) is 9.56. The summed E-state index contributed by atoms with van der Waals surface area (Å²) in [5.74, 6) is -0.153. The van der Waals surface area contributed by atoms with E-state index in [0.29, 0.717) is 12.0 Å². The van der Waals surface area contributed by atoms with Crippen molar-refractivity contribution in [2.75, 3.05) is 0 Å². The van der Waals surface area contributed by atoms with E-state index < -0.39 is 17.2 Å². The van der Waals surface area contributed by atoms with Crippen LogP contribution in [0.25, 0.3) is 0 Å². The van der Waals surface area contributed by atoms with Crippen LogP contribution in [0.1, 0.15) is 52.9 Å². The average molecular weight is 360 g/mol. The fraction of sp³-hybridized carbons (Fsp3) is 0.762. The number of rotatable bonds is 1. The number of alkyl halides is 1. The first-order valence-electron chi connectivity index (χ1n) is 9.77. The van der Waals surface area contributed by atoms with Crippen LogP contribution in [0.5, 0.6) is 0 Å². The van der Waals surface area contributed by atoms with Gasteiger partial charge in [0.25, 0.3) is 0 Å². The van der Waals surface area contributed by atoms with Gasteiger partial charge in [0.2, 0.25) is 0 Å². The molecule has 1 heterocycles. The predicted molar refractivity (Wildman–Crippen MR) is 91.0 cm³/mol. The zero-order valence-corrected chi connectivity index (χ0v) is 15.5. The van der Waals surface area contributed by atoms with Crippen molar-refractivity contribution < 1.29 is 23.5 Å². The van der Waals surface area contributed by atoms with E-state index in [-0.39, 0.29) is 53.0 Å². The molecule has 0 aromatic rings. The monoisotopic (exact) mass is 360 g/mol. The third-order valence-corrected chi connectivity index (χ3v) is 8.69. The highest BCUT2D eigenvalue weighted by molar-refractivity contribution is 6.12. The minimum atomic E-state index is -1.28. The molecule has 0 aromatic heterocycles. The van der Waals surface area contributed by atoms with Crippen LogP contribution in [0, 0.1) is 28.6 Å². The highest BCUT2D eigenvalue weighted by Gasteiger charge is 2.82. The maximum atomic E-state index is 15.2. The molecule has 4 fully saturated rings. The van der Waals surface area contributed by atoms with Crippen molar-refractivity contribution in [1.82, 2.24) is 0 Å². The lowest BCUT2D eigenvalue weighted by molar-refractivity contribution is -0.142. The van der Waals surface area contributed by atoms with Gasteiger partial charge in [0, 0.05) is 5.92 Å². The summed E-state index contributed by atoms with van der Waals surface area (Å²) in [4.78, 5) is 37.1. The summed E-state index contributed by atoms with van der Waals surface area (Å²) in [5.41, 5.74) is -1.55. The van der Waals surface area contributed by atoms with E-state index in [4.69, 9.17) is 4.74 Å². The Kier molecular flexibility index (Phi) is 3.05. The van der Waals surface area contributed by atoms with Crippen LogP contribution in [0.15, 0.2) is 11.6 Å². The molecule has 0 radical (unpaired) electrons. The lowest BCUT2D eigenvalue weighted by atomic mass is 9.45. The second kappa shape index (κ2) is 4.73. The van der Waals surface area contributed by atoms with E-state index >= 15 is 4.39 Å². The van der Waals surface area contributed by atoms with Crippen LogP contribution in [-0.2, 0) is 19.1 Å². The summed E-state index contributed by atoms with van der Waals surface area (Å²) >= 11 is 0. The number of epoxide rings is 1. The van der Waals surface area contributed by atoms with E-state index in [9.17, 15) is 14.4 Å². The van der Waals surface area contributed by atoms with Crippen LogP contribution in [0.4, 0.5) is 4.39 Å². The molecule has 140 valence electrons. The van der Waals surface area contributed by atoms with Gasteiger partial charge in [-0.25, -0.2) is 4.39 Å². The van der Waals surface area contributed by atoms with Gasteiger partial charge >= 0.3 is 0 Å². The predicted octanol–water partition coefficient (Wildman–Crippen LogP) is 2.98. The average Bonchev–Trinajstić information content (AvgIpc) is 3.15. The van der Waals surface area contributed by atoms with Crippen molar-refractivity contribution >= 4 is 17.3 Å². The van der Waals surface area contributed by atoms with Gasteiger partial charge in [0.1, 0.15) is 17.6 Å². The van der Waals surface area contributed by atoms with Crippen molar-refractivity contribution in [2.45, 2.75) is 70.8 Å². The molecule has 4 nitrogen and oxygen atoms in total. The van der Waals surface area contributed by atoms with Gasteiger partial charge in [-0.3, -0.25) is 14.4 Å². The van der Waals surface area contributed by atoms with E-state index in [2.05, 4.69) is 6.92 Å². The molecule has 0 amide bonds. The van der Waals surface area contributed by atoms with Gasteiger partial charge in [0.15, 0.2) is 11.6 Å². The van der Waals surface area contributed by atoms with Crippen molar-refractivity contribution in [1.29, 1.82) is 0 Å². The van der Waals surface area contributed by atoms with Gasteiger partial charge in [-0.2, -0.15) is 0 Å². The molecule has 26 heavy (non-hydrogen) atoms. The van der Waals surface area contributed by atoms with Crippen LogP contribution >= 0.6 is 0 Å². The first-order valence-corrected chi connectivity index (χ1v) is 9.77. The number of hydrogen-bond acceptors (Lipinski definition) is 4. The Labute approximate surface area is 152 Å². The van der Waals surface area contributed by atoms with Crippen LogP contribution in [0.3, 0.4) is 0 Å². The largest absolute Gasteiger partial charge is 0.364 e. The number of halogens is 1. The molecule has 5 aliphatic rings. The van der Waals surface area contributed by atoms with Gasteiger partial charge < -0.3 is 4.74 Å². The Bertz CT molecular complexity index is 787. The number of carbonyl (C=O) groups excluding carboxylic acids is 3. The second-order valence-electron chi connectivity index (χ2n) is 9.56. The number of carbonyl (C=O) groups is 3. The van der Waals surface area contributed by atoms with E-state index in [0.717, 1.165) is 19.3 Å². The highest BCUT2D eigenvalue weighted by atomic mass is 19.1. The molecule has 3 saturated carbocycles. The van der Waals surface area contributed by atoms with Crippen LogP contribution in [0.2, 0.25) is 0 Å². The maximum Gasteiger partial charge on any atom is 0.163 e. The number of hydrogen-bond donors (Lipinski definition) is 0. The van der Waals surface area contributed by atoms with Crippen molar-refractivity contribution in [2.24, 2.45) is 28.6 Å². The molecule has 5 rings (SSSR count). The summed E-state index contributed by atoms with van der Waals surface area (Å²) in [6.07, 6.45) is 2.59. The van der Waals surface area contributed by atoms with E-state index in [1.54, 1.807) is 13.8 Å². The number of fused-ring (bicyclic) bond motifs is 3. The third-order valence-electron chi connectivity index (χ3n) is 8.69. The first kappa shape index (κ1) is 16.8. The summed E-state index contributed by atoms with van der Waals surface area (Å²) in [6, 6.07) is 0. The molecular formula is C21H25FO4. The quantitative estimate of drug-likeness (QED) is 0.533. The van der Waals surface area contributed by atoms with Gasteiger partial charge in [-0.05, 0) is 68.4 Å². The van der Waals surface area contributed by atoms with Crippen LogP contribution in [-0.4, -0.2) is 35.2 Å². The summed E-state index contributed by atoms with van der Waals surface area (Å²) < 4.78 is 21.5. The van der Waals surface area contributed by atoms with Crippen molar-refractivity contribution in [3.05, 3.63) is 11.6 Å². The van der Waals surface area contributed by atoms with Crippen LogP contribution < -0.4 is 0 Å². The Morgan fingerprint density at radius 1 is 1.23 bits per heavy atom. The number of ether oxygens (including phenoxy) is 1. The fourth-order valence-electron chi connectivity index (χ4n) is 7.52. The molecule has 0 N–H and O–H groups in total. The summed E-state index contributed by atoms with van der Waals surface area (Å²) in [6.45, 7) is 5.62. The highest BCUT2D eigenvalue weighted by Crippen LogP contribution is 2.75. The standard InChI is InChI=1S/C21H25FO4/c1-10(23)12-4-5-13-14-8-16(22)15-6-11(24)7-17(25)20(15,3)21(14)18(26-21)9-19(12,13)2/h6,12-14,16,18H,4-5,7-9H2,1-3H3/t12-,13+,14+,16?,18?,19-,20-,21+/m1/s1. The Morgan fingerprint density at radius 3 is 2.65 bits per heavy atom. The molecular weight excluding hydrogens is 335 g/mol. The number of Topliss-reactive ketones (excluding diaryl/α,β-unsaturated/α-hetero) is 2. The molecule has 2 unspecified atom stereocenters. The topological polar surface area (TPSA) is 63.7 Å². The fourth-order valence-corrected chi connectivity index (χ4v) is 7.52. The summed E-state index contributed by atoms with van der Waals surface area (Å²) in [7, 11) is 0. The van der Waals surface area contributed by atoms with Gasteiger partial charge in [-0.1, -0.05) is 6.92 Å². The molecule has 4 aliphatic carbocycles. The van der Waals surface area contributed by atoms with Crippen molar-refractivity contribution in [3.8, 4) is 0 Å². The molecule has 0 bridgehead atoms. The van der Waals surface area contributed by atoms with Gasteiger partial charge in [-0.15, -0.1) is 0 Å². The van der Waals surface area contributed by atoms with E-state index in [1.165, 1.54) is 6.08 Å². The smallest absolute Gasteiger partial charge is 0.163 e. The summed E-state index contributed by atoms with van der Waals surface area (Å²) in [5, 5.41) is 0. The van der Waals surface area contributed by atoms with E-state index in [1.807, 2.05) is 0 Å². The molecule has 8 atom stereocenters. The van der Waals surface area contributed by atoms with Gasteiger partial charge in [0.05, 0.1) is 17.9 Å². The zero-order chi connectivity index (χ0) is 18.6. The molecule has 1 spiro atoms. The Hall–Kier alpha value is -1.36. The normalized spacial score (nSPS) is 54.6. The number of ketones is 3. The molecule has 1 aliphatic heterocycles. The molecule has 0 aromatic carbocycles. The molecule has 5 heteroatoms. The minimum Gasteiger partial charge on any atom is -0.364 e. The molecule has 1 saturated heterocycles. The third kappa shape index (κ3) is 1.63. The zero-order valence-electron chi connectivity index (χ0n) is 15.5. The Morgan fingerprint density at radius 2 is 1.96 bits per heavy atom. The SMILES string of the molecule is CC(=O)[C@H]1CC[C@H]2[C@@H]3CC(F)C4=CC(=O)CC(=O)[C@]4(C)[C@]34OC4C[C@]12C. The lowest BCUT2D eigenvalue weighted by Gasteiger charge is -2.55. The van der Waals surface area contributed by atoms with Crippen molar-refractivity contribution in [3.63, 3.8) is 0 Å². The minimum absolute atomic E-state index is 0.00106. The Balaban J connectivity index is 1.63. The lowest BCUT2D eigenvalue weighted by Crippen LogP contribution is -2.62. The first-order chi connectivity index (χ1) is 12.2.